The van der Waals surface area contributed by atoms with Gasteiger partial charge in [-0.1, -0.05) is 0 Å². The summed E-state index contributed by atoms with van der Waals surface area (Å²) in [5.74, 6) is -0.338. The first-order valence-corrected chi connectivity index (χ1v) is 4.87. The van der Waals surface area contributed by atoms with E-state index in [4.69, 9.17) is 4.42 Å². The average Bonchev–Trinajstić information content (AvgIpc) is 2.78. The molecule has 0 saturated carbocycles. The summed E-state index contributed by atoms with van der Waals surface area (Å²) in [6, 6.07) is 3.57. The Kier molecular flexibility index (Phi) is 2.72. The zero-order valence-corrected chi connectivity index (χ0v) is 8.69. The third kappa shape index (κ3) is 2.28. The molecular formula is C10H11N3O3. The number of amides is 2. The minimum atomic E-state index is -0.677. The number of nitrogens with zero attached hydrogens (tertiary/aromatic N) is 1. The van der Waals surface area contributed by atoms with E-state index in [0.717, 1.165) is 5.76 Å². The van der Waals surface area contributed by atoms with E-state index in [-0.39, 0.29) is 12.0 Å². The molecule has 1 aliphatic heterocycles. The lowest BCUT2D eigenvalue weighted by molar-refractivity contribution is -0.135. The largest absolute Gasteiger partial charge is 0.469 e. The van der Waals surface area contributed by atoms with Gasteiger partial charge in [0.25, 0.3) is 0 Å². The molecule has 0 aliphatic carbocycles. The van der Waals surface area contributed by atoms with Crippen molar-refractivity contribution in [3.8, 4) is 0 Å². The summed E-state index contributed by atoms with van der Waals surface area (Å²) in [4.78, 5) is 25.9. The number of guanidine groups is 1. The van der Waals surface area contributed by atoms with Gasteiger partial charge in [0, 0.05) is 6.42 Å². The molecule has 2 heterocycles. The molecule has 1 atom stereocenters. The third-order valence-corrected chi connectivity index (χ3v) is 2.10. The summed E-state index contributed by atoms with van der Waals surface area (Å²) in [5.41, 5.74) is 0. The number of carbonyl (C=O) groups excluding carboxylic acids is 2. The van der Waals surface area contributed by atoms with Crippen LogP contribution in [-0.2, 0) is 16.0 Å². The van der Waals surface area contributed by atoms with Crippen molar-refractivity contribution in [2.75, 3.05) is 0 Å². The van der Waals surface area contributed by atoms with Gasteiger partial charge < -0.3 is 4.42 Å². The molecule has 0 aromatic carbocycles. The van der Waals surface area contributed by atoms with E-state index in [1.807, 2.05) is 13.0 Å². The Bertz CT molecular complexity index is 418. The molecule has 6 heteroatoms. The molecule has 2 rings (SSSR count). The number of aliphatic imine (C=N–C) groups is 1. The Morgan fingerprint density at radius 2 is 2.06 bits per heavy atom. The van der Waals surface area contributed by atoms with Gasteiger partial charge >= 0.3 is 11.8 Å². The van der Waals surface area contributed by atoms with Crippen LogP contribution in [-0.4, -0.2) is 23.8 Å². The number of furan rings is 1. The van der Waals surface area contributed by atoms with Crippen LogP contribution >= 0.6 is 0 Å². The van der Waals surface area contributed by atoms with Gasteiger partial charge in [0.05, 0.1) is 12.3 Å². The van der Waals surface area contributed by atoms with Crippen molar-refractivity contribution in [2.45, 2.75) is 19.4 Å². The quantitative estimate of drug-likeness (QED) is 0.694. The van der Waals surface area contributed by atoms with Crippen LogP contribution in [0, 0.1) is 0 Å². The number of rotatable bonds is 3. The molecule has 0 bridgehead atoms. The zero-order valence-electron chi connectivity index (χ0n) is 8.69. The lowest BCUT2D eigenvalue weighted by Gasteiger charge is -2.04. The fourth-order valence-corrected chi connectivity index (χ4v) is 1.41. The van der Waals surface area contributed by atoms with Gasteiger partial charge in [0.1, 0.15) is 5.76 Å². The van der Waals surface area contributed by atoms with E-state index in [2.05, 4.69) is 15.6 Å². The molecule has 2 N–H and O–H groups in total. The molecule has 6 nitrogen and oxygen atoms in total. The summed E-state index contributed by atoms with van der Waals surface area (Å²) in [6.07, 6.45) is 2.20. The molecule has 1 unspecified atom stereocenters. The lowest BCUT2D eigenvalue weighted by atomic mass is 10.2. The highest BCUT2D eigenvalue weighted by molar-refractivity contribution is 6.45. The Hall–Kier alpha value is -2.11. The molecule has 1 aromatic rings. The maximum atomic E-state index is 10.9. The lowest BCUT2D eigenvalue weighted by Crippen LogP contribution is -2.27. The molecule has 84 valence electrons. The normalized spacial score (nSPS) is 16.9. The van der Waals surface area contributed by atoms with E-state index in [0.29, 0.717) is 6.42 Å². The summed E-state index contributed by atoms with van der Waals surface area (Å²) in [7, 11) is 0. The van der Waals surface area contributed by atoms with Crippen LogP contribution in [0.15, 0.2) is 27.8 Å². The highest BCUT2D eigenvalue weighted by atomic mass is 16.3. The van der Waals surface area contributed by atoms with E-state index in [9.17, 15) is 9.59 Å². The fourth-order valence-electron chi connectivity index (χ4n) is 1.41. The molecule has 2 amide bonds. The van der Waals surface area contributed by atoms with Crippen molar-refractivity contribution >= 4 is 17.8 Å². The SMILES string of the molecule is CC(Cc1ccco1)N=C1NC(=O)C(=O)N1. The van der Waals surface area contributed by atoms with E-state index in [1.165, 1.54) is 0 Å². The molecule has 1 aromatic heterocycles. The van der Waals surface area contributed by atoms with Gasteiger partial charge in [-0.15, -0.1) is 0 Å². The second-order valence-electron chi connectivity index (χ2n) is 3.52. The van der Waals surface area contributed by atoms with Gasteiger partial charge in [-0.25, -0.2) is 4.99 Å². The van der Waals surface area contributed by atoms with Crippen LogP contribution in [0.1, 0.15) is 12.7 Å². The van der Waals surface area contributed by atoms with E-state index >= 15 is 0 Å². The van der Waals surface area contributed by atoms with Crippen LogP contribution in [0.5, 0.6) is 0 Å². The van der Waals surface area contributed by atoms with Crippen molar-refractivity contribution in [3.63, 3.8) is 0 Å². The van der Waals surface area contributed by atoms with Crippen LogP contribution in [0.4, 0.5) is 0 Å². The second kappa shape index (κ2) is 4.18. The molecule has 16 heavy (non-hydrogen) atoms. The van der Waals surface area contributed by atoms with Crippen LogP contribution in [0.3, 0.4) is 0 Å². The zero-order chi connectivity index (χ0) is 11.5. The number of carbonyl (C=O) groups is 2. The van der Waals surface area contributed by atoms with Gasteiger partial charge in [0.15, 0.2) is 0 Å². The van der Waals surface area contributed by atoms with Gasteiger partial charge in [-0.3, -0.25) is 20.2 Å². The molecule has 1 saturated heterocycles. The summed E-state index contributed by atoms with van der Waals surface area (Å²) in [6.45, 7) is 1.87. The van der Waals surface area contributed by atoms with E-state index < -0.39 is 11.8 Å². The highest BCUT2D eigenvalue weighted by Gasteiger charge is 2.25. The average molecular weight is 221 g/mol. The number of hydrogen-bond donors (Lipinski definition) is 2. The van der Waals surface area contributed by atoms with Gasteiger partial charge in [0.2, 0.25) is 5.96 Å². The van der Waals surface area contributed by atoms with Crippen molar-refractivity contribution in [1.29, 1.82) is 0 Å². The maximum absolute atomic E-state index is 10.9. The predicted octanol–water partition coefficient (Wildman–Crippen LogP) is -0.187. The summed E-state index contributed by atoms with van der Waals surface area (Å²) >= 11 is 0. The third-order valence-electron chi connectivity index (χ3n) is 2.10. The molecule has 1 fully saturated rings. The highest BCUT2D eigenvalue weighted by Crippen LogP contribution is 2.06. The number of hydrogen-bond acceptors (Lipinski definition) is 4. The first-order valence-electron chi connectivity index (χ1n) is 4.87. The van der Waals surface area contributed by atoms with Crippen LogP contribution in [0.25, 0.3) is 0 Å². The Labute approximate surface area is 91.7 Å². The standard InChI is InChI=1S/C10H11N3O3/c1-6(5-7-3-2-4-16-7)11-10-12-8(14)9(15)13-10/h2-4,6H,5H2,1H3,(H2,11,12,13,14,15). The molecule has 0 spiro atoms. The van der Waals surface area contributed by atoms with Gasteiger partial charge in [-0.2, -0.15) is 0 Å². The van der Waals surface area contributed by atoms with Crippen molar-refractivity contribution in [2.24, 2.45) is 4.99 Å². The smallest absolute Gasteiger partial charge is 0.316 e. The van der Waals surface area contributed by atoms with Crippen LogP contribution in [0.2, 0.25) is 0 Å². The minimum absolute atomic E-state index is 0.0835. The maximum Gasteiger partial charge on any atom is 0.316 e. The van der Waals surface area contributed by atoms with Gasteiger partial charge in [-0.05, 0) is 19.1 Å². The van der Waals surface area contributed by atoms with Crippen molar-refractivity contribution < 1.29 is 14.0 Å². The predicted molar refractivity (Wildman–Crippen MR) is 55.6 cm³/mol. The topological polar surface area (TPSA) is 83.7 Å². The first-order chi connectivity index (χ1) is 7.65. The van der Waals surface area contributed by atoms with Crippen LogP contribution < -0.4 is 10.6 Å². The van der Waals surface area contributed by atoms with Crippen molar-refractivity contribution in [3.05, 3.63) is 24.2 Å². The van der Waals surface area contributed by atoms with E-state index in [1.54, 1.807) is 12.3 Å². The number of nitrogens with one attached hydrogen (secondary N) is 2. The first kappa shape index (κ1) is 10.4. The second-order valence-corrected chi connectivity index (χ2v) is 3.52. The monoisotopic (exact) mass is 221 g/mol. The Morgan fingerprint density at radius 1 is 1.38 bits per heavy atom. The molecular weight excluding hydrogens is 210 g/mol. The molecule has 0 radical (unpaired) electrons. The fraction of sp³-hybridized carbons (Fsp3) is 0.300. The summed E-state index contributed by atoms with van der Waals surface area (Å²) < 4.78 is 5.17. The summed E-state index contributed by atoms with van der Waals surface area (Å²) in [5, 5.41) is 4.67. The minimum Gasteiger partial charge on any atom is -0.469 e. The Balaban J connectivity index is 1.97. The van der Waals surface area contributed by atoms with Crippen molar-refractivity contribution in [1.82, 2.24) is 10.6 Å². The molecule has 1 aliphatic rings. The Morgan fingerprint density at radius 3 is 2.62 bits per heavy atom.